The molecule has 0 aliphatic carbocycles. The fourth-order valence-corrected chi connectivity index (χ4v) is 4.55. The van der Waals surface area contributed by atoms with Crippen LogP contribution in [-0.2, 0) is 23.0 Å². The predicted octanol–water partition coefficient (Wildman–Crippen LogP) is 3.98. The average molecular weight is 401 g/mol. The summed E-state index contributed by atoms with van der Waals surface area (Å²) >= 11 is 0. The normalized spacial score (nSPS) is 14.4. The van der Waals surface area contributed by atoms with E-state index in [0.717, 1.165) is 28.7 Å². The molecule has 28 heavy (non-hydrogen) atoms. The number of aryl methyl sites for hydroxylation is 1. The predicted molar refractivity (Wildman–Crippen MR) is 106 cm³/mol. The SMILES string of the molecule is CCc1oc2ccccc2c1CN(C)S(=O)(=O)c1ccc2c(c1)OCCCO2. The van der Waals surface area contributed by atoms with Gasteiger partial charge in [-0.05, 0) is 18.2 Å². The van der Waals surface area contributed by atoms with Crippen molar-refractivity contribution < 1.29 is 22.3 Å². The van der Waals surface area contributed by atoms with Crippen LogP contribution in [0.2, 0.25) is 0 Å². The fourth-order valence-electron chi connectivity index (χ4n) is 3.40. The Hall–Kier alpha value is -2.51. The monoisotopic (exact) mass is 401 g/mol. The zero-order chi connectivity index (χ0) is 19.7. The van der Waals surface area contributed by atoms with Crippen LogP contribution in [0.15, 0.2) is 51.8 Å². The molecule has 0 N–H and O–H groups in total. The van der Waals surface area contributed by atoms with Gasteiger partial charge >= 0.3 is 0 Å². The van der Waals surface area contributed by atoms with Crippen LogP contribution < -0.4 is 9.47 Å². The summed E-state index contributed by atoms with van der Waals surface area (Å²) in [6.45, 7) is 3.30. The maximum atomic E-state index is 13.2. The van der Waals surface area contributed by atoms with E-state index in [1.807, 2.05) is 31.2 Å². The van der Waals surface area contributed by atoms with Crippen molar-refractivity contribution in [1.82, 2.24) is 4.31 Å². The Morgan fingerprint density at radius 1 is 1.04 bits per heavy atom. The number of ether oxygens (including phenoxy) is 2. The summed E-state index contributed by atoms with van der Waals surface area (Å²) in [6, 6.07) is 12.5. The Morgan fingerprint density at radius 2 is 1.79 bits per heavy atom. The van der Waals surface area contributed by atoms with Crippen molar-refractivity contribution in [1.29, 1.82) is 0 Å². The molecule has 3 aromatic rings. The van der Waals surface area contributed by atoms with Gasteiger partial charge in [0.05, 0.1) is 18.1 Å². The van der Waals surface area contributed by atoms with E-state index in [2.05, 4.69) is 0 Å². The average Bonchev–Trinajstić information content (AvgIpc) is 2.88. The van der Waals surface area contributed by atoms with E-state index < -0.39 is 10.0 Å². The molecule has 2 aromatic carbocycles. The highest BCUT2D eigenvalue weighted by molar-refractivity contribution is 7.89. The van der Waals surface area contributed by atoms with Gasteiger partial charge in [-0.1, -0.05) is 25.1 Å². The molecule has 4 rings (SSSR count). The lowest BCUT2D eigenvalue weighted by Crippen LogP contribution is -2.26. The zero-order valence-corrected chi connectivity index (χ0v) is 16.8. The molecule has 1 aromatic heterocycles. The number of hydrogen-bond acceptors (Lipinski definition) is 5. The summed E-state index contributed by atoms with van der Waals surface area (Å²) in [6.07, 6.45) is 1.46. The van der Waals surface area contributed by atoms with E-state index in [4.69, 9.17) is 13.9 Å². The van der Waals surface area contributed by atoms with Crippen LogP contribution in [0.5, 0.6) is 11.5 Å². The van der Waals surface area contributed by atoms with E-state index in [1.54, 1.807) is 25.2 Å². The molecule has 6 nitrogen and oxygen atoms in total. The number of furan rings is 1. The molecule has 1 aliphatic rings. The van der Waals surface area contributed by atoms with Gasteiger partial charge in [0.1, 0.15) is 11.3 Å². The van der Waals surface area contributed by atoms with Crippen molar-refractivity contribution in [3.63, 3.8) is 0 Å². The molecule has 148 valence electrons. The molecule has 0 atom stereocenters. The molecule has 1 aliphatic heterocycles. The third kappa shape index (κ3) is 3.36. The van der Waals surface area contributed by atoms with Crippen molar-refractivity contribution in [2.75, 3.05) is 20.3 Å². The van der Waals surface area contributed by atoms with Gasteiger partial charge < -0.3 is 13.9 Å². The molecule has 0 spiro atoms. The minimum atomic E-state index is -3.70. The van der Waals surface area contributed by atoms with E-state index in [-0.39, 0.29) is 11.4 Å². The molecule has 7 heteroatoms. The molecular weight excluding hydrogens is 378 g/mol. The summed E-state index contributed by atoms with van der Waals surface area (Å²) in [5.41, 5.74) is 1.68. The van der Waals surface area contributed by atoms with Crippen LogP contribution >= 0.6 is 0 Å². The van der Waals surface area contributed by atoms with Gasteiger partial charge in [-0.2, -0.15) is 4.31 Å². The number of sulfonamides is 1. The van der Waals surface area contributed by atoms with E-state index in [9.17, 15) is 8.42 Å². The summed E-state index contributed by atoms with van der Waals surface area (Å²) in [5, 5.41) is 0.945. The summed E-state index contributed by atoms with van der Waals surface area (Å²) in [4.78, 5) is 0.185. The van der Waals surface area contributed by atoms with Gasteiger partial charge in [-0.15, -0.1) is 0 Å². The Balaban J connectivity index is 1.66. The molecular formula is C21H23NO5S. The molecule has 0 radical (unpaired) electrons. The Labute approximate surface area is 164 Å². The number of nitrogens with zero attached hydrogens (tertiary/aromatic N) is 1. The van der Waals surface area contributed by atoms with Crippen molar-refractivity contribution >= 4 is 21.0 Å². The third-order valence-electron chi connectivity index (χ3n) is 4.91. The van der Waals surface area contributed by atoms with Crippen LogP contribution in [0.1, 0.15) is 24.7 Å². The highest BCUT2D eigenvalue weighted by Gasteiger charge is 2.25. The van der Waals surface area contributed by atoms with Crippen LogP contribution in [0.3, 0.4) is 0 Å². The van der Waals surface area contributed by atoms with E-state index in [1.165, 1.54) is 4.31 Å². The largest absolute Gasteiger partial charge is 0.490 e. The Bertz CT molecular complexity index is 1100. The molecule has 0 saturated heterocycles. The zero-order valence-electron chi connectivity index (χ0n) is 16.0. The molecule has 0 fully saturated rings. The minimum absolute atomic E-state index is 0.185. The maximum absolute atomic E-state index is 13.2. The lowest BCUT2D eigenvalue weighted by Gasteiger charge is -2.18. The highest BCUT2D eigenvalue weighted by atomic mass is 32.2. The second-order valence-electron chi connectivity index (χ2n) is 6.77. The van der Waals surface area contributed by atoms with Crippen molar-refractivity contribution in [3.05, 3.63) is 53.8 Å². The van der Waals surface area contributed by atoms with E-state index >= 15 is 0 Å². The van der Waals surface area contributed by atoms with Crippen molar-refractivity contribution in [3.8, 4) is 11.5 Å². The minimum Gasteiger partial charge on any atom is -0.490 e. The second kappa shape index (κ2) is 7.48. The second-order valence-corrected chi connectivity index (χ2v) is 8.82. The number of hydrogen-bond donors (Lipinski definition) is 0. The molecule has 0 amide bonds. The lowest BCUT2D eigenvalue weighted by molar-refractivity contribution is 0.297. The van der Waals surface area contributed by atoms with Gasteiger partial charge in [0.25, 0.3) is 0 Å². The molecule has 0 bridgehead atoms. The number of para-hydroxylation sites is 1. The first kappa shape index (κ1) is 18.8. The first-order valence-electron chi connectivity index (χ1n) is 9.36. The first-order valence-corrected chi connectivity index (χ1v) is 10.8. The van der Waals surface area contributed by atoms with Crippen molar-refractivity contribution in [2.45, 2.75) is 31.2 Å². The maximum Gasteiger partial charge on any atom is 0.243 e. The quantitative estimate of drug-likeness (QED) is 0.647. The topological polar surface area (TPSA) is 69.0 Å². The first-order chi connectivity index (χ1) is 13.5. The van der Waals surface area contributed by atoms with Gasteiger partial charge in [0, 0.05) is 43.5 Å². The van der Waals surface area contributed by atoms with Crippen LogP contribution in [0.4, 0.5) is 0 Å². The third-order valence-corrected chi connectivity index (χ3v) is 6.71. The lowest BCUT2D eigenvalue weighted by atomic mass is 10.1. The molecule has 2 heterocycles. The standard InChI is InChI=1S/C21H23NO5S/c1-3-18-17(16-7-4-5-8-19(16)27-18)14-22(2)28(23,24)15-9-10-20-21(13-15)26-12-6-11-25-20/h4-5,7-10,13H,3,6,11-12,14H2,1-2H3. The van der Waals surface area contributed by atoms with Crippen LogP contribution in [0.25, 0.3) is 11.0 Å². The Morgan fingerprint density at radius 3 is 2.57 bits per heavy atom. The van der Waals surface area contributed by atoms with E-state index in [0.29, 0.717) is 31.1 Å². The summed E-state index contributed by atoms with van der Waals surface area (Å²) in [5.74, 6) is 1.85. The summed E-state index contributed by atoms with van der Waals surface area (Å²) in [7, 11) is -2.12. The number of benzene rings is 2. The smallest absolute Gasteiger partial charge is 0.243 e. The van der Waals surface area contributed by atoms with Gasteiger partial charge in [-0.3, -0.25) is 0 Å². The van der Waals surface area contributed by atoms with Crippen LogP contribution in [0, 0.1) is 0 Å². The highest BCUT2D eigenvalue weighted by Crippen LogP contribution is 2.34. The van der Waals surface area contributed by atoms with Gasteiger partial charge in [0.2, 0.25) is 10.0 Å². The van der Waals surface area contributed by atoms with Gasteiger partial charge in [-0.25, -0.2) is 8.42 Å². The molecule has 0 unspecified atom stereocenters. The summed E-state index contributed by atoms with van der Waals surface area (Å²) < 4.78 is 44.8. The fraction of sp³-hybridized carbons (Fsp3) is 0.333. The number of rotatable bonds is 5. The number of fused-ring (bicyclic) bond motifs is 2. The van der Waals surface area contributed by atoms with Crippen molar-refractivity contribution in [2.24, 2.45) is 0 Å². The van der Waals surface area contributed by atoms with Gasteiger partial charge in [0.15, 0.2) is 11.5 Å². The Kier molecular flexibility index (Phi) is 5.03. The van der Waals surface area contributed by atoms with Crippen LogP contribution in [-0.4, -0.2) is 33.0 Å². The molecule has 0 saturated carbocycles.